The van der Waals surface area contributed by atoms with E-state index in [9.17, 15) is 15.0 Å². The molecule has 2 aliphatic carbocycles. The Hall–Kier alpha value is -1.57. The Bertz CT molecular complexity index is 595. The first-order valence-electron chi connectivity index (χ1n) is 9.76. The number of carboxylic acid groups (broad SMARTS) is 1. The summed E-state index contributed by atoms with van der Waals surface area (Å²) in [5.74, 6) is 6.25. The molecule has 0 aliphatic heterocycles. The van der Waals surface area contributed by atoms with E-state index in [1.807, 2.05) is 19.1 Å². The minimum Gasteiger partial charge on any atom is -0.481 e. The first kappa shape index (κ1) is 20.7. The number of allylic oxidation sites excluding steroid dienone is 2. The van der Waals surface area contributed by atoms with Crippen molar-refractivity contribution >= 4 is 5.97 Å². The van der Waals surface area contributed by atoms with Gasteiger partial charge in [0.25, 0.3) is 0 Å². The smallest absolute Gasteiger partial charge is 0.303 e. The van der Waals surface area contributed by atoms with Crippen molar-refractivity contribution in [2.75, 3.05) is 0 Å². The van der Waals surface area contributed by atoms with Gasteiger partial charge in [0.05, 0.1) is 12.2 Å². The lowest BCUT2D eigenvalue weighted by Gasteiger charge is -2.19. The molecule has 2 aliphatic rings. The van der Waals surface area contributed by atoms with Gasteiger partial charge in [0.1, 0.15) is 0 Å². The average Bonchev–Trinajstić information content (AvgIpc) is 3.10. The van der Waals surface area contributed by atoms with Crippen LogP contribution in [0.25, 0.3) is 0 Å². The summed E-state index contributed by atoms with van der Waals surface area (Å²) < 4.78 is 0. The molecular weight excluding hydrogens is 328 g/mol. The highest BCUT2D eigenvalue weighted by Gasteiger charge is 2.44. The molecule has 144 valence electrons. The van der Waals surface area contributed by atoms with Crippen molar-refractivity contribution in [3.63, 3.8) is 0 Å². The highest BCUT2D eigenvalue weighted by molar-refractivity contribution is 5.66. The minimum atomic E-state index is -0.738. The van der Waals surface area contributed by atoms with Crippen molar-refractivity contribution in [2.45, 2.75) is 71.0 Å². The average molecular weight is 360 g/mol. The number of aliphatic carboxylic acids is 1. The molecule has 0 heterocycles. The Morgan fingerprint density at radius 3 is 2.85 bits per heavy atom. The Morgan fingerprint density at radius 2 is 2.15 bits per heavy atom. The molecule has 2 saturated carbocycles. The number of fused-ring (bicyclic) bond motifs is 1. The SMILES string of the molecule is CC#CCC(C)[C@H](O)/C=C\[C@H]1[C@H]2C/C(=C/CCCC(=O)O)C[C@H]2C[C@H]1O. The zero-order chi connectivity index (χ0) is 19.1. The standard InChI is InChI=1S/C22H32O4/c1-3-4-7-15(2)20(23)11-10-18-19-13-16(8-5-6-9-22(25)26)12-17(19)14-21(18)24/h8,10-11,15,17-21,23-24H,5-7,9,12-14H2,1-2H3,(H,25,26)/b11-10-,16-8+/t15?,17-,18-,19-,20+,21+/m0/s1. The molecule has 1 unspecified atom stereocenters. The van der Waals surface area contributed by atoms with Crippen LogP contribution in [0.5, 0.6) is 0 Å². The van der Waals surface area contributed by atoms with Crippen molar-refractivity contribution in [2.24, 2.45) is 23.7 Å². The second-order valence-corrected chi connectivity index (χ2v) is 7.84. The molecule has 0 spiro atoms. The summed E-state index contributed by atoms with van der Waals surface area (Å²) in [6.45, 7) is 3.79. The van der Waals surface area contributed by atoms with Gasteiger partial charge in [-0.05, 0) is 56.8 Å². The maximum Gasteiger partial charge on any atom is 0.303 e. The van der Waals surface area contributed by atoms with Crippen LogP contribution in [0.1, 0.15) is 58.8 Å². The molecule has 3 N–H and O–H groups in total. The van der Waals surface area contributed by atoms with Crippen LogP contribution >= 0.6 is 0 Å². The van der Waals surface area contributed by atoms with Gasteiger partial charge in [-0.2, -0.15) is 0 Å². The summed E-state index contributed by atoms with van der Waals surface area (Å²) in [6.07, 6.45) is 10.4. The summed E-state index contributed by atoms with van der Waals surface area (Å²) in [4.78, 5) is 10.6. The third-order valence-electron chi connectivity index (χ3n) is 5.85. The van der Waals surface area contributed by atoms with E-state index >= 15 is 0 Å². The molecule has 6 atom stereocenters. The van der Waals surface area contributed by atoms with Crippen LogP contribution in [0.3, 0.4) is 0 Å². The van der Waals surface area contributed by atoms with Crippen molar-refractivity contribution in [1.29, 1.82) is 0 Å². The number of hydrogen-bond acceptors (Lipinski definition) is 3. The van der Waals surface area contributed by atoms with Crippen LogP contribution in [-0.2, 0) is 4.79 Å². The fourth-order valence-electron chi connectivity index (χ4n) is 4.31. The molecule has 0 bridgehead atoms. The van der Waals surface area contributed by atoms with E-state index < -0.39 is 12.1 Å². The topological polar surface area (TPSA) is 77.8 Å². The lowest BCUT2D eigenvalue weighted by molar-refractivity contribution is -0.137. The third kappa shape index (κ3) is 5.72. The predicted molar refractivity (Wildman–Crippen MR) is 102 cm³/mol. The number of aliphatic hydroxyl groups is 2. The van der Waals surface area contributed by atoms with Gasteiger partial charge in [-0.25, -0.2) is 0 Å². The van der Waals surface area contributed by atoms with Gasteiger partial charge < -0.3 is 15.3 Å². The Kier molecular flexibility index (Phi) is 7.93. The van der Waals surface area contributed by atoms with E-state index in [1.54, 1.807) is 6.92 Å². The van der Waals surface area contributed by atoms with Crippen molar-refractivity contribution in [3.05, 3.63) is 23.8 Å². The molecule has 0 aromatic rings. The molecule has 0 aromatic carbocycles. The highest BCUT2D eigenvalue weighted by Crippen LogP contribution is 2.50. The molecule has 4 heteroatoms. The van der Waals surface area contributed by atoms with Crippen LogP contribution in [0.15, 0.2) is 23.8 Å². The second-order valence-electron chi connectivity index (χ2n) is 7.84. The van der Waals surface area contributed by atoms with E-state index in [1.165, 1.54) is 5.57 Å². The van der Waals surface area contributed by atoms with Gasteiger partial charge in [-0.3, -0.25) is 4.79 Å². The number of unbranched alkanes of at least 4 members (excludes halogenated alkanes) is 1. The first-order valence-corrected chi connectivity index (χ1v) is 9.76. The van der Waals surface area contributed by atoms with Crippen LogP contribution < -0.4 is 0 Å². The lowest BCUT2D eigenvalue weighted by atomic mass is 9.89. The summed E-state index contributed by atoms with van der Waals surface area (Å²) >= 11 is 0. The van der Waals surface area contributed by atoms with Crippen LogP contribution in [0.2, 0.25) is 0 Å². The van der Waals surface area contributed by atoms with Crippen LogP contribution in [-0.4, -0.2) is 33.5 Å². The van der Waals surface area contributed by atoms with Gasteiger partial charge in [-0.1, -0.05) is 30.7 Å². The normalized spacial score (nSPS) is 31.6. The number of carboxylic acids is 1. The molecule has 0 saturated heterocycles. The van der Waals surface area contributed by atoms with E-state index in [4.69, 9.17) is 5.11 Å². The number of aliphatic hydroxyl groups excluding tert-OH is 2. The lowest BCUT2D eigenvalue weighted by Crippen LogP contribution is -2.19. The van der Waals surface area contributed by atoms with Gasteiger partial charge >= 0.3 is 5.97 Å². The van der Waals surface area contributed by atoms with E-state index in [0.29, 0.717) is 24.7 Å². The fourth-order valence-corrected chi connectivity index (χ4v) is 4.31. The number of rotatable bonds is 8. The van der Waals surface area contributed by atoms with Gasteiger partial charge in [-0.15, -0.1) is 11.8 Å². The second kappa shape index (κ2) is 9.94. The van der Waals surface area contributed by atoms with Crippen molar-refractivity contribution < 1.29 is 20.1 Å². The van der Waals surface area contributed by atoms with E-state index in [-0.39, 0.29) is 24.4 Å². The van der Waals surface area contributed by atoms with Gasteiger partial charge in [0, 0.05) is 18.8 Å². The maximum atomic E-state index is 10.6. The summed E-state index contributed by atoms with van der Waals surface area (Å²) in [5.41, 5.74) is 1.41. The fraction of sp³-hybridized carbons (Fsp3) is 0.682. The van der Waals surface area contributed by atoms with E-state index in [2.05, 4.69) is 17.9 Å². The van der Waals surface area contributed by atoms with Gasteiger partial charge in [0.2, 0.25) is 0 Å². The largest absolute Gasteiger partial charge is 0.481 e. The van der Waals surface area contributed by atoms with Crippen LogP contribution in [0.4, 0.5) is 0 Å². The maximum absolute atomic E-state index is 10.6. The third-order valence-corrected chi connectivity index (χ3v) is 5.85. The van der Waals surface area contributed by atoms with Gasteiger partial charge in [0.15, 0.2) is 0 Å². The summed E-state index contributed by atoms with van der Waals surface area (Å²) in [5, 5.41) is 29.4. The molecule has 26 heavy (non-hydrogen) atoms. The molecular formula is C22H32O4. The Balaban J connectivity index is 1.89. The zero-order valence-corrected chi connectivity index (χ0v) is 15.9. The predicted octanol–water partition coefficient (Wildman–Crippen LogP) is 3.54. The monoisotopic (exact) mass is 360 g/mol. The van der Waals surface area contributed by atoms with Crippen molar-refractivity contribution in [3.8, 4) is 11.8 Å². The minimum absolute atomic E-state index is 0.0845. The van der Waals surface area contributed by atoms with E-state index in [0.717, 1.165) is 25.7 Å². The molecule has 0 radical (unpaired) electrons. The number of hydrogen-bond donors (Lipinski definition) is 3. The summed E-state index contributed by atoms with van der Waals surface area (Å²) in [6, 6.07) is 0. The molecule has 0 amide bonds. The summed E-state index contributed by atoms with van der Waals surface area (Å²) in [7, 11) is 0. The molecule has 2 rings (SSSR count). The molecule has 0 aromatic heterocycles. The zero-order valence-electron chi connectivity index (χ0n) is 15.9. The highest BCUT2D eigenvalue weighted by atomic mass is 16.4. The Morgan fingerprint density at radius 1 is 1.38 bits per heavy atom. The quantitative estimate of drug-likeness (QED) is 0.351. The number of carbonyl (C=O) groups is 1. The van der Waals surface area contributed by atoms with Crippen LogP contribution in [0, 0.1) is 35.5 Å². The molecule has 2 fully saturated rings. The van der Waals surface area contributed by atoms with Crippen molar-refractivity contribution in [1.82, 2.24) is 0 Å². The molecule has 4 nitrogen and oxygen atoms in total. The Labute approximate surface area is 157 Å². The first-order chi connectivity index (χ1) is 12.4.